The summed E-state index contributed by atoms with van der Waals surface area (Å²) in [5.41, 5.74) is 4.82. The predicted molar refractivity (Wildman–Crippen MR) is 134 cm³/mol. The van der Waals surface area contributed by atoms with E-state index in [1.165, 1.54) is 0 Å². The quantitative estimate of drug-likeness (QED) is 0.417. The molecule has 33 heavy (non-hydrogen) atoms. The number of sulfonamides is 1. The molecule has 2 aliphatic heterocycles. The van der Waals surface area contributed by atoms with Crippen LogP contribution in [-0.2, 0) is 16.4 Å². The summed E-state index contributed by atoms with van der Waals surface area (Å²) >= 11 is 12.7. The number of nitrogens with one attached hydrogen (secondary N) is 1. The van der Waals surface area contributed by atoms with Gasteiger partial charge in [-0.05, 0) is 71.8 Å². The molecule has 0 bridgehead atoms. The van der Waals surface area contributed by atoms with Crippen LogP contribution in [0.1, 0.15) is 35.1 Å². The lowest BCUT2D eigenvalue weighted by atomic mass is 9.77. The van der Waals surface area contributed by atoms with Crippen LogP contribution in [-0.4, -0.2) is 15.0 Å². The summed E-state index contributed by atoms with van der Waals surface area (Å²) in [6.45, 7) is 0.472. The third-order valence-electron chi connectivity index (χ3n) is 7.06. The van der Waals surface area contributed by atoms with Gasteiger partial charge in [0.05, 0.1) is 16.6 Å². The molecule has 6 rings (SSSR count). The summed E-state index contributed by atoms with van der Waals surface area (Å²) < 4.78 is 28.7. The van der Waals surface area contributed by atoms with Gasteiger partial charge in [-0.3, -0.25) is 4.31 Å². The molecular formula is C26H22Cl2N2O2S. The number of hydrogen-bond acceptors (Lipinski definition) is 3. The van der Waals surface area contributed by atoms with Gasteiger partial charge >= 0.3 is 0 Å². The lowest BCUT2D eigenvalue weighted by Crippen LogP contribution is -2.31. The maximum absolute atomic E-state index is 13.6. The average Bonchev–Trinajstić information content (AvgIpc) is 3.46. The van der Waals surface area contributed by atoms with Crippen LogP contribution in [0.15, 0.2) is 77.7 Å². The number of para-hydroxylation sites is 1. The number of rotatable bonds is 3. The molecule has 7 heteroatoms. The molecule has 0 spiro atoms. The predicted octanol–water partition coefficient (Wildman–Crippen LogP) is 6.57. The van der Waals surface area contributed by atoms with Crippen molar-refractivity contribution in [2.24, 2.45) is 5.92 Å². The van der Waals surface area contributed by atoms with Crippen LogP contribution in [0.2, 0.25) is 10.0 Å². The first-order valence-electron chi connectivity index (χ1n) is 11.1. The number of halogens is 2. The maximum atomic E-state index is 13.6. The van der Waals surface area contributed by atoms with Crippen LogP contribution >= 0.6 is 23.2 Å². The summed E-state index contributed by atoms with van der Waals surface area (Å²) in [6, 6.07) is 18.8. The van der Waals surface area contributed by atoms with Crippen LogP contribution in [0.3, 0.4) is 0 Å². The topological polar surface area (TPSA) is 49.4 Å². The summed E-state index contributed by atoms with van der Waals surface area (Å²) in [6.07, 6.45) is 6.01. The molecule has 1 N–H and O–H groups in total. The Morgan fingerprint density at radius 2 is 1.82 bits per heavy atom. The van der Waals surface area contributed by atoms with E-state index in [1.54, 1.807) is 16.4 Å². The fourth-order valence-electron chi connectivity index (χ4n) is 5.48. The molecule has 3 aromatic carbocycles. The van der Waals surface area contributed by atoms with E-state index in [2.05, 4.69) is 17.5 Å². The minimum atomic E-state index is -3.65. The van der Waals surface area contributed by atoms with Gasteiger partial charge in [-0.2, -0.15) is 0 Å². The van der Waals surface area contributed by atoms with Crippen molar-refractivity contribution in [3.8, 4) is 0 Å². The Morgan fingerprint density at radius 3 is 2.67 bits per heavy atom. The van der Waals surface area contributed by atoms with Crippen molar-refractivity contribution in [3.05, 3.63) is 99.6 Å². The highest BCUT2D eigenvalue weighted by molar-refractivity contribution is 7.92. The van der Waals surface area contributed by atoms with E-state index >= 15 is 0 Å². The van der Waals surface area contributed by atoms with Gasteiger partial charge in [-0.15, -0.1) is 0 Å². The van der Waals surface area contributed by atoms with E-state index in [4.69, 9.17) is 23.2 Å². The molecular weight excluding hydrogens is 475 g/mol. The van der Waals surface area contributed by atoms with E-state index in [9.17, 15) is 8.42 Å². The largest absolute Gasteiger partial charge is 0.378 e. The zero-order chi connectivity index (χ0) is 22.7. The second kappa shape index (κ2) is 7.79. The van der Waals surface area contributed by atoms with Gasteiger partial charge in [0.1, 0.15) is 0 Å². The van der Waals surface area contributed by atoms with Gasteiger partial charge in [0.2, 0.25) is 0 Å². The third-order valence-corrected chi connectivity index (χ3v) is 9.44. The van der Waals surface area contributed by atoms with Gasteiger partial charge in [0.15, 0.2) is 0 Å². The van der Waals surface area contributed by atoms with Gasteiger partial charge in [-0.25, -0.2) is 8.42 Å². The summed E-state index contributed by atoms with van der Waals surface area (Å²) in [7, 11) is -3.65. The monoisotopic (exact) mass is 496 g/mol. The lowest BCUT2D eigenvalue weighted by molar-refractivity contribution is 0.425. The molecule has 3 atom stereocenters. The molecule has 0 fully saturated rings. The molecule has 2 heterocycles. The SMILES string of the molecule is O=S(=O)(c1ccc2c(c1)C1C=CCC1C(c1ccc(Cl)cc1Cl)N2)N1CCc2ccccc21. The maximum Gasteiger partial charge on any atom is 0.264 e. The Kier molecular flexibility index (Phi) is 4.98. The van der Waals surface area contributed by atoms with Crippen LogP contribution in [0, 0.1) is 5.92 Å². The third kappa shape index (κ3) is 3.37. The Hall–Kier alpha value is -2.47. The summed E-state index contributed by atoms with van der Waals surface area (Å²) in [5, 5.41) is 4.88. The van der Waals surface area contributed by atoms with Crippen molar-refractivity contribution in [1.82, 2.24) is 0 Å². The number of fused-ring (bicyclic) bond motifs is 4. The first-order valence-corrected chi connectivity index (χ1v) is 13.3. The Bertz CT molecular complexity index is 1400. The smallest absolute Gasteiger partial charge is 0.264 e. The number of hydrogen-bond donors (Lipinski definition) is 1. The highest BCUT2D eigenvalue weighted by Crippen LogP contribution is 2.51. The number of nitrogens with zero attached hydrogens (tertiary/aromatic N) is 1. The molecule has 0 saturated heterocycles. The minimum absolute atomic E-state index is 0.0233. The Balaban J connectivity index is 1.39. The fourth-order valence-corrected chi connectivity index (χ4v) is 7.54. The van der Waals surface area contributed by atoms with Crippen molar-refractivity contribution in [3.63, 3.8) is 0 Å². The van der Waals surface area contributed by atoms with Gasteiger partial charge in [0, 0.05) is 28.2 Å². The van der Waals surface area contributed by atoms with E-state index in [0.717, 1.165) is 40.9 Å². The standard InChI is InChI=1S/C26H22Cl2N2O2S/c27-17-8-10-21(23(28)14-17)26-20-6-3-5-19(20)22-15-18(9-11-24(22)29-26)33(31,32)30-13-12-16-4-1-2-7-25(16)30/h1-5,7-11,14-15,19-20,26,29H,6,12-13H2. The minimum Gasteiger partial charge on any atom is -0.378 e. The molecule has 3 aromatic rings. The average molecular weight is 497 g/mol. The van der Waals surface area contributed by atoms with Crippen LogP contribution in [0.25, 0.3) is 0 Å². The summed E-state index contributed by atoms with van der Waals surface area (Å²) in [4.78, 5) is 0.335. The molecule has 3 aliphatic rings. The molecule has 0 aromatic heterocycles. The van der Waals surface area contributed by atoms with Crippen molar-refractivity contribution >= 4 is 44.6 Å². The zero-order valence-corrected chi connectivity index (χ0v) is 20.0. The Morgan fingerprint density at radius 1 is 0.970 bits per heavy atom. The van der Waals surface area contributed by atoms with Crippen LogP contribution in [0.5, 0.6) is 0 Å². The first kappa shape index (κ1) is 21.1. The molecule has 0 amide bonds. The van der Waals surface area contributed by atoms with Gasteiger partial charge in [0.25, 0.3) is 10.0 Å². The van der Waals surface area contributed by atoms with Crippen molar-refractivity contribution < 1.29 is 8.42 Å². The highest BCUT2D eigenvalue weighted by Gasteiger charge is 2.40. The van der Waals surface area contributed by atoms with Gasteiger partial charge < -0.3 is 5.32 Å². The lowest BCUT2D eigenvalue weighted by Gasteiger charge is -2.38. The first-order chi connectivity index (χ1) is 15.9. The molecule has 4 nitrogen and oxygen atoms in total. The molecule has 1 aliphatic carbocycles. The van der Waals surface area contributed by atoms with Crippen molar-refractivity contribution in [2.75, 3.05) is 16.2 Å². The molecule has 3 unspecified atom stereocenters. The number of benzene rings is 3. The highest BCUT2D eigenvalue weighted by atomic mass is 35.5. The second-order valence-corrected chi connectivity index (χ2v) is 11.6. The van der Waals surface area contributed by atoms with E-state index in [-0.39, 0.29) is 17.9 Å². The Labute approximate surface area is 203 Å². The van der Waals surface area contributed by atoms with Crippen LogP contribution in [0.4, 0.5) is 11.4 Å². The van der Waals surface area contributed by atoms with E-state index in [1.807, 2.05) is 48.5 Å². The normalized spacial score (nSPS) is 23.1. The van der Waals surface area contributed by atoms with Crippen LogP contribution < -0.4 is 9.62 Å². The second-order valence-electron chi connectivity index (χ2n) is 8.85. The van der Waals surface area contributed by atoms with Crippen molar-refractivity contribution in [2.45, 2.75) is 29.7 Å². The summed E-state index contributed by atoms with van der Waals surface area (Å²) in [5.74, 6) is 0.376. The zero-order valence-electron chi connectivity index (χ0n) is 17.7. The van der Waals surface area contributed by atoms with E-state index in [0.29, 0.717) is 21.5 Å². The number of anilines is 2. The molecule has 168 valence electrons. The van der Waals surface area contributed by atoms with Gasteiger partial charge in [-0.1, -0.05) is 59.6 Å². The van der Waals surface area contributed by atoms with Crippen molar-refractivity contribution in [1.29, 1.82) is 0 Å². The molecule has 0 saturated carbocycles. The molecule has 0 radical (unpaired) electrons. The fraction of sp³-hybridized carbons (Fsp3) is 0.231. The van der Waals surface area contributed by atoms with E-state index < -0.39 is 10.0 Å². The number of allylic oxidation sites excluding steroid dienone is 2.